The fourth-order valence-corrected chi connectivity index (χ4v) is 7.98. The zero-order chi connectivity index (χ0) is 69.2. The van der Waals surface area contributed by atoms with Gasteiger partial charge in [-0.3, -0.25) is 67.5 Å². The molecule has 0 aromatic heterocycles. The molecule has 0 saturated heterocycles. The van der Waals surface area contributed by atoms with Crippen LogP contribution in [0.5, 0.6) is 0 Å². The third-order valence-corrected chi connectivity index (χ3v) is 12.5. The number of nitrogens with one attached hydrogen (secondary N) is 4. The number of aliphatic hydroxyl groups is 5. The summed E-state index contributed by atoms with van der Waals surface area (Å²) in [6.07, 6.45) is 12.9. The minimum Gasteiger partial charge on any atom is -0.453 e. The summed E-state index contributed by atoms with van der Waals surface area (Å²) in [7, 11) is 2.48. The number of alkyl carbamates (subject to hydrolysis) is 2. The molecule has 34 nitrogen and oxygen atoms in total. The van der Waals surface area contributed by atoms with E-state index in [1.54, 1.807) is 6.92 Å². The number of amides is 12. The van der Waals surface area contributed by atoms with E-state index in [-0.39, 0.29) is 117 Å². The highest BCUT2D eigenvalue weighted by atomic mass is 16.7. The minimum atomic E-state index is -0.788. The van der Waals surface area contributed by atoms with Gasteiger partial charge in [-0.05, 0) is 71.6 Å². The fourth-order valence-electron chi connectivity index (χ4n) is 7.98. The summed E-state index contributed by atoms with van der Waals surface area (Å²) in [5.41, 5.74) is 0. The Hall–Kier alpha value is -7.48. The highest BCUT2D eigenvalue weighted by Crippen LogP contribution is 2.11. The van der Waals surface area contributed by atoms with Gasteiger partial charge in [0.1, 0.15) is 58.3 Å². The molecule has 9 N–H and O–H groups in total. The van der Waals surface area contributed by atoms with E-state index in [1.807, 2.05) is 20.8 Å². The topological polar surface area (TPSA) is 450 Å². The maximum atomic E-state index is 12.5. The molecule has 5 unspecified atom stereocenters. The van der Waals surface area contributed by atoms with Crippen LogP contribution in [0.15, 0.2) is 48.6 Å². The highest BCUT2D eigenvalue weighted by Gasteiger charge is 2.27. The first-order valence-electron chi connectivity index (χ1n) is 29.6. The van der Waals surface area contributed by atoms with Gasteiger partial charge in [0.05, 0.1) is 53.9 Å². The lowest BCUT2D eigenvalue weighted by atomic mass is 10.1. The minimum absolute atomic E-state index is 0.0319. The van der Waals surface area contributed by atoms with Gasteiger partial charge in [-0.25, -0.2) is 9.59 Å². The Morgan fingerprint density at radius 1 is 0.424 bits per heavy atom. The lowest BCUT2D eigenvalue weighted by Crippen LogP contribution is -2.49. The lowest BCUT2D eigenvalue weighted by molar-refractivity contribution is -0.154. The van der Waals surface area contributed by atoms with E-state index in [4.69, 9.17) is 58.7 Å². The van der Waals surface area contributed by atoms with Crippen molar-refractivity contribution in [2.45, 2.75) is 129 Å². The SMILES string of the molecule is CC(=O)NC(C)CCCN1C(=O)C=CC1=O.CCCN1C(=O)C=CC1=O.CCCN1C(=O)C=CC1=O.COC(=O)NCCCCC(NC(=O)OC)C(=O)NC(C)CCCN1C(=O)C=CC1=O.OCOCC(COCC(COCC(COCO)OCO)OCO)OCO. The Morgan fingerprint density at radius 2 is 0.750 bits per heavy atom. The molecule has 4 rings (SSSR count). The number of carbonyl (C=O) groups is 12. The summed E-state index contributed by atoms with van der Waals surface area (Å²) < 4.78 is 44.4. The summed E-state index contributed by atoms with van der Waals surface area (Å²) in [6, 6.07) is -0.941. The summed E-state index contributed by atoms with van der Waals surface area (Å²) in [4.78, 5) is 139. The smallest absolute Gasteiger partial charge is 0.407 e. The zero-order valence-electron chi connectivity index (χ0n) is 53.4. The van der Waals surface area contributed by atoms with Crippen LogP contribution in [-0.2, 0) is 90.6 Å². The Kier molecular flexibility index (Phi) is 47.8. The largest absolute Gasteiger partial charge is 0.453 e. The monoisotopic (exact) mass is 1320 g/mol. The molecule has 0 spiro atoms. The summed E-state index contributed by atoms with van der Waals surface area (Å²) >= 11 is 0. The molecule has 0 bridgehead atoms. The third kappa shape index (κ3) is 38.4. The molecule has 0 saturated carbocycles. The van der Waals surface area contributed by atoms with Crippen LogP contribution in [0.4, 0.5) is 9.59 Å². The number of hydrogen-bond acceptors (Lipinski definition) is 26. The van der Waals surface area contributed by atoms with Gasteiger partial charge >= 0.3 is 12.2 Å². The second-order valence-electron chi connectivity index (χ2n) is 19.9. The molecule has 0 aromatic carbocycles. The molecule has 4 aliphatic heterocycles. The Labute approximate surface area is 534 Å². The van der Waals surface area contributed by atoms with Crippen molar-refractivity contribution >= 4 is 71.3 Å². The molecule has 4 heterocycles. The second kappa shape index (κ2) is 52.1. The van der Waals surface area contributed by atoms with Crippen molar-refractivity contribution in [3.63, 3.8) is 0 Å². The quantitative estimate of drug-likeness (QED) is 0.0186. The van der Waals surface area contributed by atoms with Crippen molar-refractivity contribution in [3.8, 4) is 0 Å². The molecule has 34 heteroatoms. The van der Waals surface area contributed by atoms with E-state index in [9.17, 15) is 57.5 Å². The third-order valence-electron chi connectivity index (χ3n) is 12.5. The normalized spacial score (nSPS) is 15.7. The number of methoxy groups -OCH3 is 2. The molecule has 0 aromatic rings. The second-order valence-corrected chi connectivity index (χ2v) is 19.9. The van der Waals surface area contributed by atoms with Crippen LogP contribution in [0, 0.1) is 0 Å². The van der Waals surface area contributed by atoms with Crippen LogP contribution in [-0.4, -0.2) is 273 Å². The van der Waals surface area contributed by atoms with Gasteiger partial charge in [0.25, 0.3) is 47.3 Å². The van der Waals surface area contributed by atoms with Gasteiger partial charge in [-0.2, -0.15) is 0 Å². The molecular weight excluding hydrogens is 1220 g/mol. The summed E-state index contributed by atoms with van der Waals surface area (Å²) in [6.45, 7) is 8.93. The van der Waals surface area contributed by atoms with Crippen LogP contribution >= 0.6 is 0 Å². The first kappa shape index (κ1) is 84.5. The van der Waals surface area contributed by atoms with Crippen molar-refractivity contribution in [2.75, 3.05) is 121 Å². The molecule has 4 aliphatic rings. The number of nitrogens with zero attached hydrogens (tertiary/aromatic N) is 4. The molecule has 0 radical (unpaired) electrons. The van der Waals surface area contributed by atoms with Crippen LogP contribution in [0.3, 0.4) is 0 Å². The Morgan fingerprint density at radius 3 is 1.05 bits per heavy atom. The lowest BCUT2D eigenvalue weighted by Gasteiger charge is -2.21. The molecule has 0 fully saturated rings. The number of rotatable bonds is 41. The van der Waals surface area contributed by atoms with E-state index in [0.29, 0.717) is 64.7 Å². The van der Waals surface area contributed by atoms with E-state index in [1.165, 1.54) is 84.5 Å². The molecular formula is C58H94N8O26. The van der Waals surface area contributed by atoms with Gasteiger partial charge in [-0.15, -0.1) is 0 Å². The zero-order valence-corrected chi connectivity index (χ0v) is 53.4. The van der Waals surface area contributed by atoms with Gasteiger partial charge in [-0.1, -0.05) is 13.8 Å². The van der Waals surface area contributed by atoms with E-state index in [2.05, 4.69) is 30.7 Å². The van der Waals surface area contributed by atoms with Crippen molar-refractivity contribution in [1.29, 1.82) is 0 Å². The van der Waals surface area contributed by atoms with Crippen LogP contribution < -0.4 is 21.3 Å². The maximum Gasteiger partial charge on any atom is 0.407 e. The highest BCUT2D eigenvalue weighted by molar-refractivity contribution is 6.14. The van der Waals surface area contributed by atoms with Gasteiger partial charge in [0, 0.05) is 100 Å². The number of carbonyl (C=O) groups excluding carboxylic acids is 12. The van der Waals surface area contributed by atoms with Crippen LogP contribution in [0.2, 0.25) is 0 Å². The summed E-state index contributed by atoms with van der Waals surface area (Å²) in [5, 5.41) is 54.3. The number of imide groups is 4. The maximum absolute atomic E-state index is 12.5. The fraction of sp³-hybridized carbons (Fsp3) is 0.655. The Bertz CT molecular complexity index is 2250. The van der Waals surface area contributed by atoms with Gasteiger partial charge in [0.15, 0.2) is 0 Å². The first-order chi connectivity index (χ1) is 44.0. The molecule has 0 aliphatic carbocycles. The van der Waals surface area contributed by atoms with E-state index in [0.717, 1.165) is 24.2 Å². The predicted octanol–water partition coefficient (Wildman–Crippen LogP) is -1.74. The first-order valence-corrected chi connectivity index (χ1v) is 29.6. The van der Waals surface area contributed by atoms with Gasteiger partial charge in [0.2, 0.25) is 11.8 Å². The van der Waals surface area contributed by atoms with Gasteiger partial charge < -0.3 is 89.4 Å². The van der Waals surface area contributed by atoms with Crippen molar-refractivity contribution < 1.29 is 126 Å². The van der Waals surface area contributed by atoms with Crippen LogP contribution in [0.25, 0.3) is 0 Å². The average molecular weight is 1320 g/mol. The van der Waals surface area contributed by atoms with Crippen LogP contribution in [0.1, 0.15) is 92.4 Å². The standard InChI is InChI=1S/C19H30N4O7.C14H30O12.C11H16N2O3.2C7H9NO2/c1-13(7-6-12-23-15(24)9-10-16(23)25)21-17(26)14(22-19(28)30-3)8-4-5-11-20-18(27)29-2;15-7-22-5-13(25-10-18)3-20-1-12(24-9-17)2-21-4-14(26-11-19)6-23-8-16;1-8(12-9(2)14)4-3-7-13-10(15)5-6-11(13)16;2*1-2-5-8-6(9)3-4-7(8)10/h9-10,13-14H,4-8,11-12H2,1-3H3,(H,20,27)(H,21,26)(H,22,28);12-19H,1-11H2;5-6,8H,3-4,7H2,1-2H3,(H,12,14);2*3-4H,2,5H2,1H3. The number of aliphatic hydroxyl groups excluding tert-OH is 5. The molecule has 522 valence electrons. The van der Waals surface area contributed by atoms with E-state index < -0.39 is 70.5 Å². The number of hydrogen-bond donors (Lipinski definition) is 9. The number of ether oxygens (including phenoxy) is 9. The number of unbranched alkanes of at least 4 members (excludes halogenated alkanes) is 1. The van der Waals surface area contributed by atoms with Crippen molar-refractivity contribution in [2.24, 2.45) is 0 Å². The van der Waals surface area contributed by atoms with Crippen molar-refractivity contribution in [1.82, 2.24) is 40.9 Å². The average Bonchev–Trinajstić information content (AvgIpc) is 2.08. The molecule has 92 heavy (non-hydrogen) atoms. The Balaban J connectivity index is 0.00000120. The summed E-state index contributed by atoms with van der Waals surface area (Å²) in [5.74, 6) is -2.35. The molecule has 12 amide bonds. The predicted molar refractivity (Wildman–Crippen MR) is 321 cm³/mol. The molecule has 5 atom stereocenters. The van der Waals surface area contributed by atoms with Crippen molar-refractivity contribution in [3.05, 3.63) is 48.6 Å². The van der Waals surface area contributed by atoms with E-state index >= 15 is 0 Å².